The summed E-state index contributed by atoms with van der Waals surface area (Å²) < 4.78 is 0. The molecule has 0 radical (unpaired) electrons. The quantitative estimate of drug-likeness (QED) is 0.527. The molecule has 0 spiro atoms. The second kappa shape index (κ2) is 6.04. The zero-order chi connectivity index (χ0) is 8.69. The van der Waals surface area contributed by atoms with Crippen LogP contribution < -0.4 is 0 Å². The second-order valence-electron chi connectivity index (χ2n) is 2.94. The summed E-state index contributed by atoms with van der Waals surface area (Å²) in [6, 6.07) is 0. The van der Waals surface area contributed by atoms with Gasteiger partial charge in [-0.1, -0.05) is 39.2 Å². The van der Waals surface area contributed by atoms with E-state index in [2.05, 4.69) is 26.3 Å². The maximum atomic E-state index is 5.28. The van der Waals surface area contributed by atoms with Gasteiger partial charge in [-0.3, -0.25) is 0 Å². The van der Waals surface area contributed by atoms with Crippen molar-refractivity contribution in [2.45, 2.75) is 39.5 Å². The number of allylic oxidation sites excluding steroid dienone is 1. The predicted molar refractivity (Wildman–Crippen MR) is 51.3 cm³/mol. The van der Waals surface area contributed by atoms with Gasteiger partial charge in [-0.15, -0.1) is 6.42 Å². The van der Waals surface area contributed by atoms with Gasteiger partial charge in [-0.05, 0) is 24.3 Å². The van der Waals surface area contributed by atoms with E-state index in [1.54, 1.807) is 0 Å². The first-order valence-electron chi connectivity index (χ1n) is 4.41. The zero-order valence-corrected chi connectivity index (χ0v) is 7.69. The molecule has 0 aromatic heterocycles. The molecule has 0 rings (SSSR count). The lowest BCUT2D eigenvalue weighted by atomic mass is 9.92. The highest BCUT2D eigenvalue weighted by molar-refractivity contribution is 5.24. The first kappa shape index (κ1) is 10.3. The zero-order valence-electron chi connectivity index (χ0n) is 7.69. The van der Waals surface area contributed by atoms with Crippen molar-refractivity contribution in [3.8, 4) is 12.3 Å². The first-order chi connectivity index (χ1) is 5.26. The normalized spacial score (nSPS) is 9.64. The molecule has 62 valence electrons. The van der Waals surface area contributed by atoms with Gasteiger partial charge in [0.15, 0.2) is 0 Å². The molecular weight excluding hydrogens is 132 g/mol. The third kappa shape index (κ3) is 3.88. The number of hydrogen-bond acceptors (Lipinski definition) is 0. The lowest BCUT2D eigenvalue weighted by Crippen LogP contribution is -2.00. The standard InChI is InChI=1S/C11H18/c1-5-8-11(9-6-2)10(4)7-3/h3,11H,4-6,8-9H2,1-2H3. The van der Waals surface area contributed by atoms with Gasteiger partial charge < -0.3 is 0 Å². The van der Waals surface area contributed by atoms with Crippen molar-refractivity contribution in [1.29, 1.82) is 0 Å². The van der Waals surface area contributed by atoms with Crippen molar-refractivity contribution >= 4 is 0 Å². The molecule has 0 aromatic rings. The summed E-state index contributed by atoms with van der Waals surface area (Å²) in [5.74, 6) is 3.20. The molecule has 0 aromatic carbocycles. The summed E-state index contributed by atoms with van der Waals surface area (Å²) >= 11 is 0. The molecule has 0 aliphatic heterocycles. The molecular formula is C11H18. The van der Waals surface area contributed by atoms with Gasteiger partial charge in [-0.2, -0.15) is 0 Å². The second-order valence-corrected chi connectivity index (χ2v) is 2.94. The van der Waals surface area contributed by atoms with E-state index < -0.39 is 0 Å². The monoisotopic (exact) mass is 150 g/mol. The van der Waals surface area contributed by atoms with Crippen LogP contribution in [0.4, 0.5) is 0 Å². The maximum absolute atomic E-state index is 5.28. The van der Waals surface area contributed by atoms with Crippen molar-refractivity contribution in [2.75, 3.05) is 0 Å². The van der Waals surface area contributed by atoms with E-state index in [9.17, 15) is 0 Å². The Morgan fingerprint density at radius 1 is 1.36 bits per heavy atom. The Bertz CT molecular complexity index is 142. The van der Waals surface area contributed by atoms with Gasteiger partial charge in [0.1, 0.15) is 0 Å². The van der Waals surface area contributed by atoms with E-state index >= 15 is 0 Å². The van der Waals surface area contributed by atoms with Gasteiger partial charge in [0, 0.05) is 0 Å². The summed E-state index contributed by atoms with van der Waals surface area (Å²) in [5.41, 5.74) is 0.980. The number of hydrogen-bond donors (Lipinski definition) is 0. The fourth-order valence-corrected chi connectivity index (χ4v) is 1.31. The summed E-state index contributed by atoms with van der Waals surface area (Å²) in [7, 11) is 0. The van der Waals surface area contributed by atoms with E-state index in [1.807, 2.05) is 0 Å². The van der Waals surface area contributed by atoms with Gasteiger partial charge in [0.05, 0.1) is 0 Å². The largest absolute Gasteiger partial charge is 0.115 e. The molecule has 0 nitrogen and oxygen atoms in total. The van der Waals surface area contributed by atoms with Gasteiger partial charge >= 0.3 is 0 Å². The van der Waals surface area contributed by atoms with E-state index in [0.29, 0.717) is 5.92 Å². The van der Waals surface area contributed by atoms with E-state index in [-0.39, 0.29) is 0 Å². The smallest absolute Gasteiger partial charge is 0.00232 e. The summed E-state index contributed by atoms with van der Waals surface area (Å²) in [4.78, 5) is 0. The van der Waals surface area contributed by atoms with Crippen molar-refractivity contribution in [3.63, 3.8) is 0 Å². The fourth-order valence-electron chi connectivity index (χ4n) is 1.31. The topological polar surface area (TPSA) is 0 Å². The molecule has 0 N–H and O–H groups in total. The van der Waals surface area contributed by atoms with Gasteiger partial charge in [0.2, 0.25) is 0 Å². The Balaban J connectivity index is 3.89. The van der Waals surface area contributed by atoms with Gasteiger partial charge in [0.25, 0.3) is 0 Å². The van der Waals surface area contributed by atoms with Crippen LogP contribution in [0.2, 0.25) is 0 Å². The van der Waals surface area contributed by atoms with E-state index in [4.69, 9.17) is 6.42 Å². The molecule has 0 heterocycles. The molecule has 0 saturated carbocycles. The third-order valence-corrected chi connectivity index (χ3v) is 1.95. The van der Waals surface area contributed by atoms with Crippen molar-refractivity contribution < 1.29 is 0 Å². The average molecular weight is 150 g/mol. The molecule has 11 heavy (non-hydrogen) atoms. The van der Waals surface area contributed by atoms with E-state index in [1.165, 1.54) is 25.7 Å². The highest BCUT2D eigenvalue weighted by Gasteiger charge is 2.07. The molecule has 0 bridgehead atoms. The highest BCUT2D eigenvalue weighted by atomic mass is 14.1. The van der Waals surface area contributed by atoms with Crippen LogP contribution in [-0.2, 0) is 0 Å². The lowest BCUT2D eigenvalue weighted by Gasteiger charge is -2.13. The molecule has 0 aliphatic rings. The van der Waals surface area contributed by atoms with Crippen molar-refractivity contribution in [1.82, 2.24) is 0 Å². The minimum absolute atomic E-state index is 0.565. The first-order valence-corrected chi connectivity index (χ1v) is 4.41. The Labute approximate surface area is 70.7 Å². The molecule has 0 saturated heterocycles. The van der Waals surface area contributed by atoms with Crippen LogP contribution in [-0.4, -0.2) is 0 Å². The average Bonchev–Trinajstić information content (AvgIpc) is 2.03. The summed E-state index contributed by atoms with van der Waals surface area (Å²) in [6.45, 7) is 8.25. The van der Waals surface area contributed by atoms with Crippen molar-refractivity contribution in [2.24, 2.45) is 5.92 Å². The van der Waals surface area contributed by atoms with Crippen LogP contribution in [0.5, 0.6) is 0 Å². The predicted octanol–water partition coefficient (Wildman–Crippen LogP) is 3.39. The van der Waals surface area contributed by atoms with Crippen LogP contribution in [0.15, 0.2) is 12.2 Å². The molecule has 0 aliphatic carbocycles. The van der Waals surface area contributed by atoms with Crippen LogP contribution >= 0.6 is 0 Å². The number of terminal acetylenes is 1. The van der Waals surface area contributed by atoms with Crippen LogP contribution in [0.3, 0.4) is 0 Å². The minimum atomic E-state index is 0.565. The Kier molecular flexibility index (Phi) is 5.65. The minimum Gasteiger partial charge on any atom is -0.115 e. The molecule has 0 amide bonds. The fraction of sp³-hybridized carbons (Fsp3) is 0.636. The molecule has 0 unspecified atom stereocenters. The Morgan fingerprint density at radius 2 is 1.82 bits per heavy atom. The van der Waals surface area contributed by atoms with Crippen LogP contribution in [0, 0.1) is 18.3 Å². The highest BCUT2D eigenvalue weighted by Crippen LogP contribution is 2.20. The van der Waals surface area contributed by atoms with Gasteiger partial charge in [-0.25, -0.2) is 0 Å². The summed E-state index contributed by atoms with van der Waals surface area (Å²) in [6.07, 6.45) is 10.1. The molecule has 0 fully saturated rings. The Hall–Kier alpha value is -0.700. The molecule has 0 atom stereocenters. The Morgan fingerprint density at radius 3 is 2.09 bits per heavy atom. The van der Waals surface area contributed by atoms with Crippen LogP contribution in [0.25, 0.3) is 0 Å². The third-order valence-electron chi connectivity index (χ3n) is 1.95. The van der Waals surface area contributed by atoms with E-state index in [0.717, 1.165) is 5.57 Å². The molecule has 0 heteroatoms. The summed E-state index contributed by atoms with van der Waals surface area (Å²) in [5, 5.41) is 0. The lowest BCUT2D eigenvalue weighted by molar-refractivity contribution is 0.516. The number of rotatable bonds is 5. The SMILES string of the molecule is C#CC(=C)C(CCC)CCC. The van der Waals surface area contributed by atoms with Crippen LogP contribution in [0.1, 0.15) is 39.5 Å². The van der Waals surface area contributed by atoms with Crippen molar-refractivity contribution in [3.05, 3.63) is 12.2 Å². The maximum Gasteiger partial charge on any atom is -0.00232 e.